The van der Waals surface area contributed by atoms with Gasteiger partial charge in [-0.05, 0) is 36.8 Å². The minimum atomic E-state index is -3.59. The molecule has 1 saturated heterocycles. The van der Waals surface area contributed by atoms with Gasteiger partial charge in [0.05, 0.1) is 4.90 Å². The molecule has 1 aromatic carbocycles. The summed E-state index contributed by atoms with van der Waals surface area (Å²) in [5.74, 6) is 0.755. The quantitative estimate of drug-likeness (QED) is 0.795. The summed E-state index contributed by atoms with van der Waals surface area (Å²) in [4.78, 5) is 21.3. The minimum Gasteiger partial charge on any atom is -0.353 e. The summed E-state index contributed by atoms with van der Waals surface area (Å²) in [6.45, 7) is 4.25. The molecule has 0 aliphatic carbocycles. The van der Waals surface area contributed by atoms with Gasteiger partial charge in [0.15, 0.2) is 0 Å². The lowest BCUT2D eigenvalue weighted by Crippen LogP contribution is -2.49. The average molecular weight is 388 g/mol. The number of carbonyl (C=O) groups excluding carboxylic acids is 1. The second kappa shape index (κ2) is 7.66. The van der Waals surface area contributed by atoms with Crippen LogP contribution in [0.2, 0.25) is 0 Å². The monoisotopic (exact) mass is 388 g/mol. The van der Waals surface area contributed by atoms with Crippen molar-refractivity contribution in [3.63, 3.8) is 0 Å². The van der Waals surface area contributed by atoms with Crippen LogP contribution in [0.3, 0.4) is 0 Å². The number of carbonyl (C=O) groups is 1. The molecule has 0 saturated carbocycles. The van der Waals surface area contributed by atoms with Crippen molar-refractivity contribution in [3.8, 4) is 0 Å². The zero-order valence-electron chi connectivity index (χ0n) is 15.8. The van der Waals surface area contributed by atoms with Gasteiger partial charge in [-0.3, -0.25) is 4.79 Å². The summed E-state index contributed by atoms with van der Waals surface area (Å²) >= 11 is 0. The van der Waals surface area contributed by atoms with Crippen LogP contribution in [0.5, 0.6) is 0 Å². The number of hydrogen-bond donors (Lipinski definition) is 0. The lowest BCUT2D eigenvalue weighted by atomic mass is 10.1. The van der Waals surface area contributed by atoms with Gasteiger partial charge >= 0.3 is 0 Å². The summed E-state index contributed by atoms with van der Waals surface area (Å²) in [5.41, 5.74) is 1.02. The van der Waals surface area contributed by atoms with Crippen molar-refractivity contribution in [2.24, 2.45) is 0 Å². The first kappa shape index (κ1) is 19.3. The van der Waals surface area contributed by atoms with E-state index in [0.29, 0.717) is 37.3 Å². The van der Waals surface area contributed by atoms with Crippen molar-refractivity contribution in [3.05, 3.63) is 53.7 Å². The molecule has 144 valence electrons. The van der Waals surface area contributed by atoms with Crippen molar-refractivity contribution in [1.29, 1.82) is 0 Å². The Balaban J connectivity index is 1.76. The van der Waals surface area contributed by atoms with E-state index < -0.39 is 10.0 Å². The molecule has 1 aliphatic rings. The highest BCUT2D eigenvalue weighted by molar-refractivity contribution is 7.89. The number of sulfonamides is 1. The number of aromatic nitrogens is 1. The Morgan fingerprint density at radius 1 is 1.07 bits per heavy atom. The number of amides is 1. The minimum absolute atomic E-state index is 0.147. The van der Waals surface area contributed by atoms with Crippen LogP contribution in [0.1, 0.15) is 15.9 Å². The first-order valence-corrected chi connectivity index (χ1v) is 10.2. The smallest absolute Gasteiger partial charge is 0.254 e. The molecule has 0 atom stereocenters. The van der Waals surface area contributed by atoms with Crippen LogP contribution in [0.15, 0.2) is 47.5 Å². The Labute approximate surface area is 160 Å². The number of nitrogens with zero attached hydrogens (tertiary/aromatic N) is 4. The third kappa shape index (κ3) is 3.96. The maximum absolute atomic E-state index is 12.9. The first-order chi connectivity index (χ1) is 12.8. The van der Waals surface area contributed by atoms with Gasteiger partial charge in [-0.15, -0.1) is 0 Å². The molecular weight excluding hydrogens is 364 g/mol. The van der Waals surface area contributed by atoms with Crippen molar-refractivity contribution < 1.29 is 13.2 Å². The Bertz CT molecular complexity index is 921. The molecule has 1 aliphatic heterocycles. The van der Waals surface area contributed by atoms with Gasteiger partial charge in [0.2, 0.25) is 10.0 Å². The van der Waals surface area contributed by atoms with Gasteiger partial charge in [-0.25, -0.2) is 17.7 Å². The number of anilines is 1. The van der Waals surface area contributed by atoms with Crippen LogP contribution in [0.4, 0.5) is 5.82 Å². The number of aryl methyl sites for hydroxylation is 1. The molecule has 2 heterocycles. The third-order valence-electron chi connectivity index (χ3n) is 4.73. The fourth-order valence-electron chi connectivity index (χ4n) is 3.07. The summed E-state index contributed by atoms with van der Waals surface area (Å²) < 4.78 is 26.1. The second-order valence-corrected chi connectivity index (χ2v) is 8.86. The van der Waals surface area contributed by atoms with E-state index in [0.717, 1.165) is 10.1 Å². The lowest BCUT2D eigenvalue weighted by molar-refractivity contribution is 0.0746. The summed E-state index contributed by atoms with van der Waals surface area (Å²) in [6, 6.07) is 10.6. The average Bonchev–Trinajstić information content (AvgIpc) is 2.68. The topological polar surface area (TPSA) is 73.8 Å². The van der Waals surface area contributed by atoms with Crippen molar-refractivity contribution in [2.75, 3.05) is 45.2 Å². The molecule has 0 unspecified atom stereocenters. The molecular formula is C19H24N4O3S. The molecule has 0 N–H and O–H groups in total. The van der Waals surface area contributed by atoms with Gasteiger partial charge in [0.25, 0.3) is 5.91 Å². The van der Waals surface area contributed by atoms with Crippen molar-refractivity contribution in [1.82, 2.24) is 14.2 Å². The van der Waals surface area contributed by atoms with E-state index >= 15 is 0 Å². The normalized spacial score (nSPS) is 15.3. The molecule has 1 fully saturated rings. The first-order valence-electron chi connectivity index (χ1n) is 8.79. The summed E-state index contributed by atoms with van der Waals surface area (Å²) in [5, 5.41) is 0. The van der Waals surface area contributed by atoms with Crippen LogP contribution >= 0.6 is 0 Å². The van der Waals surface area contributed by atoms with Gasteiger partial charge in [-0.1, -0.05) is 12.1 Å². The maximum atomic E-state index is 12.9. The fourth-order valence-corrected chi connectivity index (χ4v) is 4.21. The molecule has 0 spiro atoms. The van der Waals surface area contributed by atoms with E-state index in [9.17, 15) is 13.2 Å². The number of benzene rings is 1. The number of piperazine rings is 1. The van der Waals surface area contributed by atoms with E-state index in [1.165, 1.54) is 20.2 Å². The predicted molar refractivity (Wildman–Crippen MR) is 104 cm³/mol. The highest BCUT2D eigenvalue weighted by atomic mass is 32.2. The van der Waals surface area contributed by atoms with Crippen LogP contribution < -0.4 is 4.90 Å². The molecule has 0 bridgehead atoms. The number of hydrogen-bond acceptors (Lipinski definition) is 5. The van der Waals surface area contributed by atoms with Gasteiger partial charge < -0.3 is 9.80 Å². The van der Waals surface area contributed by atoms with Crippen molar-refractivity contribution in [2.45, 2.75) is 11.8 Å². The Morgan fingerprint density at radius 3 is 2.37 bits per heavy atom. The fraction of sp³-hybridized carbons (Fsp3) is 0.368. The van der Waals surface area contributed by atoms with Crippen molar-refractivity contribution >= 4 is 21.7 Å². The third-order valence-corrected chi connectivity index (χ3v) is 6.69. The van der Waals surface area contributed by atoms with Gasteiger partial charge in [-0.2, -0.15) is 0 Å². The van der Waals surface area contributed by atoms with Crippen LogP contribution in [-0.4, -0.2) is 68.8 Å². The SMILES string of the molecule is Cc1ccc(C(=O)N2CCN(c3ccccn3)CC2)cc1S(=O)(=O)N(C)C. The molecule has 7 nitrogen and oxygen atoms in total. The Kier molecular flexibility index (Phi) is 5.48. The van der Waals surface area contributed by atoms with E-state index in [2.05, 4.69) is 9.88 Å². The highest BCUT2D eigenvalue weighted by Gasteiger charge is 2.25. The molecule has 27 heavy (non-hydrogen) atoms. The Morgan fingerprint density at radius 2 is 1.78 bits per heavy atom. The second-order valence-electron chi connectivity index (χ2n) is 6.73. The molecule has 1 amide bonds. The van der Waals surface area contributed by atoms with E-state index in [1.807, 2.05) is 18.2 Å². The standard InChI is InChI=1S/C19H24N4O3S/c1-15-7-8-16(14-17(15)27(25,26)21(2)3)19(24)23-12-10-22(11-13-23)18-6-4-5-9-20-18/h4-9,14H,10-13H2,1-3H3. The number of rotatable bonds is 4. The van der Waals surface area contributed by atoms with E-state index in [-0.39, 0.29) is 10.8 Å². The predicted octanol–water partition coefficient (Wildman–Crippen LogP) is 1.60. The van der Waals surface area contributed by atoms with Gasteiger partial charge in [0, 0.05) is 52.0 Å². The largest absolute Gasteiger partial charge is 0.353 e. The van der Waals surface area contributed by atoms with E-state index in [4.69, 9.17) is 0 Å². The molecule has 8 heteroatoms. The molecule has 0 radical (unpaired) electrons. The lowest BCUT2D eigenvalue weighted by Gasteiger charge is -2.35. The van der Waals surface area contributed by atoms with E-state index in [1.54, 1.807) is 30.2 Å². The summed E-state index contributed by atoms with van der Waals surface area (Å²) in [7, 11) is -0.621. The molecule has 1 aromatic heterocycles. The number of pyridine rings is 1. The van der Waals surface area contributed by atoms with Crippen LogP contribution in [-0.2, 0) is 10.0 Å². The molecule has 3 rings (SSSR count). The maximum Gasteiger partial charge on any atom is 0.254 e. The Hall–Kier alpha value is -2.45. The molecule has 2 aromatic rings. The van der Waals surface area contributed by atoms with Gasteiger partial charge in [0.1, 0.15) is 5.82 Å². The summed E-state index contributed by atoms with van der Waals surface area (Å²) in [6.07, 6.45) is 1.76. The highest BCUT2D eigenvalue weighted by Crippen LogP contribution is 2.21. The zero-order chi connectivity index (χ0) is 19.6. The van der Waals surface area contributed by atoms with Crippen LogP contribution in [0.25, 0.3) is 0 Å². The van der Waals surface area contributed by atoms with Crippen LogP contribution in [0, 0.1) is 6.92 Å². The zero-order valence-corrected chi connectivity index (χ0v) is 16.6.